The number of ether oxygens (including phenoxy) is 1. The molecule has 142 valence electrons. The molecule has 3 nitrogen and oxygen atoms in total. The molecule has 0 bridgehead atoms. The van der Waals surface area contributed by atoms with Crippen LogP contribution in [0.3, 0.4) is 0 Å². The van der Waals surface area contributed by atoms with Gasteiger partial charge >= 0.3 is 18.2 Å². The number of halogens is 5. The van der Waals surface area contributed by atoms with E-state index in [0.29, 0.717) is 12.3 Å². The zero-order valence-electron chi connectivity index (χ0n) is 14.1. The number of amides is 1. The smallest absolute Gasteiger partial charge is 0.444 e. The average Bonchev–Trinajstić information content (AvgIpc) is 2.83. The van der Waals surface area contributed by atoms with Gasteiger partial charge in [0, 0.05) is 24.8 Å². The van der Waals surface area contributed by atoms with Gasteiger partial charge in [-0.05, 0) is 45.8 Å². The van der Waals surface area contributed by atoms with E-state index in [1.165, 1.54) is 11.8 Å². The Morgan fingerprint density at radius 3 is 2.38 bits per heavy atom. The first-order valence-electron chi connectivity index (χ1n) is 7.85. The summed E-state index contributed by atoms with van der Waals surface area (Å²) in [6.07, 6.45) is -5.72. The van der Waals surface area contributed by atoms with Crippen molar-refractivity contribution in [3.8, 4) is 0 Å². The standard InChI is InChI=1S/C15H24F5NO2S/c1-13(2,3)23-12(22)21-8-4-6-11(21)10-24-9-5-7-14(16,17)15(18,19)20/h11H,4-10H2,1-3H3. The van der Waals surface area contributed by atoms with Gasteiger partial charge in [-0.25, -0.2) is 4.79 Å². The molecule has 1 unspecified atom stereocenters. The van der Waals surface area contributed by atoms with E-state index in [-0.39, 0.29) is 18.2 Å². The first kappa shape index (κ1) is 21.3. The number of rotatable bonds is 6. The molecule has 24 heavy (non-hydrogen) atoms. The summed E-state index contributed by atoms with van der Waals surface area (Å²) >= 11 is 1.29. The van der Waals surface area contributed by atoms with Gasteiger partial charge in [0.2, 0.25) is 0 Å². The van der Waals surface area contributed by atoms with E-state index in [1.807, 2.05) is 0 Å². The molecule has 0 aromatic carbocycles. The normalized spacial score (nSPS) is 19.7. The van der Waals surface area contributed by atoms with Crippen LogP contribution >= 0.6 is 11.8 Å². The maximum atomic E-state index is 12.8. The molecule has 1 fully saturated rings. The second-order valence-corrected chi connectivity index (χ2v) is 8.00. The summed E-state index contributed by atoms with van der Waals surface area (Å²) in [7, 11) is 0. The summed E-state index contributed by atoms with van der Waals surface area (Å²) in [5.41, 5.74) is -0.597. The lowest BCUT2D eigenvalue weighted by molar-refractivity contribution is -0.284. The van der Waals surface area contributed by atoms with Crippen molar-refractivity contribution in [2.75, 3.05) is 18.1 Å². The molecule has 1 heterocycles. The fourth-order valence-electron chi connectivity index (χ4n) is 2.33. The highest BCUT2D eigenvalue weighted by Gasteiger charge is 2.56. The molecule has 1 aliphatic heterocycles. The van der Waals surface area contributed by atoms with Crippen molar-refractivity contribution in [2.45, 2.75) is 70.2 Å². The van der Waals surface area contributed by atoms with Gasteiger partial charge < -0.3 is 9.64 Å². The SMILES string of the molecule is CC(C)(C)OC(=O)N1CCCC1CSCCCC(F)(F)C(F)(F)F. The first-order chi connectivity index (χ1) is 10.8. The fourth-order valence-corrected chi connectivity index (χ4v) is 3.46. The van der Waals surface area contributed by atoms with Crippen LogP contribution in [0.25, 0.3) is 0 Å². The summed E-state index contributed by atoms with van der Waals surface area (Å²) in [6, 6.07) is -0.0621. The van der Waals surface area contributed by atoms with Crippen molar-refractivity contribution in [1.82, 2.24) is 4.90 Å². The van der Waals surface area contributed by atoms with E-state index in [9.17, 15) is 26.7 Å². The number of nitrogens with zero attached hydrogens (tertiary/aromatic N) is 1. The predicted octanol–water partition coefficient (Wildman–Crippen LogP) is 5.10. The highest BCUT2D eigenvalue weighted by atomic mass is 32.2. The summed E-state index contributed by atoms with van der Waals surface area (Å²) in [4.78, 5) is 13.7. The average molecular weight is 377 g/mol. The number of carbonyl (C=O) groups excluding carboxylic acids is 1. The minimum atomic E-state index is -5.49. The van der Waals surface area contributed by atoms with Crippen LogP contribution in [0, 0.1) is 0 Å². The number of alkyl halides is 5. The molecule has 1 rings (SSSR count). The van der Waals surface area contributed by atoms with Crippen LogP contribution in [0.5, 0.6) is 0 Å². The Morgan fingerprint density at radius 1 is 1.21 bits per heavy atom. The quantitative estimate of drug-likeness (QED) is 0.477. The third-order valence-electron chi connectivity index (χ3n) is 3.51. The molecule has 0 radical (unpaired) electrons. The topological polar surface area (TPSA) is 29.5 Å². The third kappa shape index (κ3) is 6.64. The Bertz CT molecular complexity index is 423. The molecule has 9 heteroatoms. The van der Waals surface area contributed by atoms with Gasteiger partial charge in [0.1, 0.15) is 5.60 Å². The molecular weight excluding hydrogens is 353 g/mol. The number of hydrogen-bond donors (Lipinski definition) is 0. The molecule has 0 spiro atoms. The van der Waals surface area contributed by atoms with Crippen LogP contribution in [0.2, 0.25) is 0 Å². The van der Waals surface area contributed by atoms with E-state index in [4.69, 9.17) is 4.74 Å². The Hall–Kier alpha value is -0.730. The van der Waals surface area contributed by atoms with Crippen LogP contribution < -0.4 is 0 Å². The lowest BCUT2D eigenvalue weighted by atomic mass is 10.2. The molecule has 0 aromatic heterocycles. The molecule has 1 aliphatic rings. The van der Waals surface area contributed by atoms with E-state index >= 15 is 0 Å². The van der Waals surface area contributed by atoms with Crippen molar-refractivity contribution in [3.63, 3.8) is 0 Å². The van der Waals surface area contributed by atoms with Crippen molar-refractivity contribution in [3.05, 3.63) is 0 Å². The molecule has 0 aromatic rings. The van der Waals surface area contributed by atoms with Crippen molar-refractivity contribution < 1.29 is 31.5 Å². The molecule has 0 aliphatic carbocycles. The van der Waals surface area contributed by atoms with Gasteiger partial charge in [0.05, 0.1) is 0 Å². The van der Waals surface area contributed by atoms with E-state index in [0.717, 1.165) is 12.8 Å². The summed E-state index contributed by atoms with van der Waals surface area (Å²) in [6.45, 7) is 5.88. The van der Waals surface area contributed by atoms with E-state index in [1.54, 1.807) is 25.7 Å². The van der Waals surface area contributed by atoms with Gasteiger partial charge in [0.25, 0.3) is 0 Å². The maximum Gasteiger partial charge on any atom is 0.453 e. The summed E-state index contributed by atoms with van der Waals surface area (Å²) in [5, 5.41) is 0. The van der Waals surface area contributed by atoms with Crippen LogP contribution in [-0.4, -0.2) is 52.8 Å². The highest BCUT2D eigenvalue weighted by Crippen LogP contribution is 2.39. The number of likely N-dealkylation sites (tertiary alicyclic amines) is 1. The van der Waals surface area contributed by atoms with Gasteiger partial charge in [-0.3, -0.25) is 0 Å². The highest BCUT2D eigenvalue weighted by molar-refractivity contribution is 7.99. The zero-order valence-corrected chi connectivity index (χ0v) is 14.9. The van der Waals surface area contributed by atoms with Crippen LogP contribution in [-0.2, 0) is 4.74 Å². The Balaban J connectivity index is 2.33. The summed E-state index contributed by atoms with van der Waals surface area (Å²) < 4.78 is 67.0. The number of thioether (sulfide) groups is 1. The van der Waals surface area contributed by atoms with Crippen LogP contribution in [0.1, 0.15) is 46.5 Å². The molecule has 1 atom stereocenters. The fraction of sp³-hybridized carbons (Fsp3) is 0.933. The molecule has 0 N–H and O–H groups in total. The second-order valence-electron chi connectivity index (χ2n) is 6.85. The van der Waals surface area contributed by atoms with E-state index in [2.05, 4.69) is 0 Å². The summed E-state index contributed by atoms with van der Waals surface area (Å²) in [5.74, 6) is -3.93. The Kier molecular flexibility index (Phi) is 7.19. The van der Waals surface area contributed by atoms with Crippen LogP contribution in [0.4, 0.5) is 26.7 Å². The monoisotopic (exact) mass is 377 g/mol. The molecular formula is C15H24F5NO2S. The first-order valence-corrected chi connectivity index (χ1v) is 9.01. The number of carbonyl (C=O) groups is 1. The molecule has 1 saturated heterocycles. The van der Waals surface area contributed by atoms with Gasteiger partial charge in [0.15, 0.2) is 0 Å². The lowest BCUT2D eigenvalue weighted by Crippen LogP contribution is -2.40. The molecule has 1 amide bonds. The Morgan fingerprint density at radius 2 is 1.83 bits per heavy atom. The van der Waals surface area contributed by atoms with Gasteiger partial charge in [-0.1, -0.05) is 0 Å². The van der Waals surface area contributed by atoms with Crippen LogP contribution in [0.15, 0.2) is 0 Å². The minimum Gasteiger partial charge on any atom is -0.444 e. The van der Waals surface area contributed by atoms with Gasteiger partial charge in [-0.2, -0.15) is 33.7 Å². The zero-order chi connectivity index (χ0) is 18.6. The van der Waals surface area contributed by atoms with E-state index < -0.39 is 30.2 Å². The third-order valence-corrected chi connectivity index (χ3v) is 4.71. The molecule has 0 saturated carbocycles. The second kappa shape index (κ2) is 8.10. The minimum absolute atomic E-state index is 0.0621. The van der Waals surface area contributed by atoms with Crippen molar-refractivity contribution in [2.24, 2.45) is 0 Å². The Labute approximate surface area is 143 Å². The lowest BCUT2D eigenvalue weighted by Gasteiger charge is -2.28. The largest absolute Gasteiger partial charge is 0.453 e. The van der Waals surface area contributed by atoms with Crippen molar-refractivity contribution >= 4 is 17.9 Å². The predicted molar refractivity (Wildman–Crippen MR) is 83.5 cm³/mol. The number of hydrogen-bond acceptors (Lipinski definition) is 3. The maximum absolute atomic E-state index is 12.8. The van der Waals surface area contributed by atoms with Gasteiger partial charge in [-0.15, -0.1) is 0 Å². The van der Waals surface area contributed by atoms with Crippen molar-refractivity contribution in [1.29, 1.82) is 0 Å².